The zero-order chi connectivity index (χ0) is 33.0. The van der Waals surface area contributed by atoms with Gasteiger partial charge in [0, 0.05) is 0 Å². The predicted molar refractivity (Wildman–Crippen MR) is 185 cm³/mol. The van der Waals surface area contributed by atoms with E-state index in [1.165, 1.54) is 128 Å². The lowest BCUT2D eigenvalue weighted by molar-refractivity contribution is -0.299. The highest BCUT2D eigenvalue weighted by molar-refractivity contribution is 5.06. The summed E-state index contributed by atoms with van der Waals surface area (Å²) in [5.74, 6) is 0. The van der Waals surface area contributed by atoms with Gasteiger partial charge in [-0.15, -0.1) is 0 Å². The standard InChI is InChI=1S/C38H74O7/c1-3-5-7-9-11-13-15-17-19-21-23-25-27-32(31-44-38-37(43)36(42)35(41)34(30-39)45-38)29-33(40)28-26-24-22-20-18-16-14-12-10-8-6-4-2/h29,33-43H,3-28,30-31H2,1-2H3/b32-29-/t33-,34-,35-,36+,37-,38-/m1/s1. The third kappa shape index (κ3) is 21.9. The Morgan fingerprint density at radius 1 is 0.600 bits per heavy atom. The van der Waals surface area contributed by atoms with E-state index in [4.69, 9.17) is 9.47 Å². The second-order valence-electron chi connectivity index (χ2n) is 13.7. The molecule has 1 heterocycles. The zero-order valence-corrected chi connectivity index (χ0v) is 29.4. The molecule has 1 saturated heterocycles. The van der Waals surface area contributed by atoms with Crippen LogP contribution in [0.15, 0.2) is 11.6 Å². The Morgan fingerprint density at radius 3 is 1.47 bits per heavy atom. The third-order valence-electron chi connectivity index (χ3n) is 9.41. The fourth-order valence-corrected chi connectivity index (χ4v) is 6.34. The highest BCUT2D eigenvalue weighted by Gasteiger charge is 2.44. The van der Waals surface area contributed by atoms with Gasteiger partial charge in [-0.05, 0) is 24.8 Å². The van der Waals surface area contributed by atoms with E-state index in [1.807, 2.05) is 6.08 Å². The first-order valence-electron chi connectivity index (χ1n) is 19.2. The van der Waals surface area contributed by atoms with Crippen LogP contribution >= 0.6 is 0 Å². The lowest BCUT2D eigenvalue weighted by Crippen LogP contribution is -2.59. The van der Waals surface area contributed by atoms with Crippen molar-refractivity contribution >= 4 is 0 Å². The Morgan fingerprint density at radius 2 is 1.02 bits per heavy atom. The van der Waals surface area contributed by atoms with E-state index >= 15 is 0 Å². The second-order valence-corrected chi connectivity index (χ2v) is 13.7. The van der Waals surface area contributed by atoms with Gasteiger partial charge in [-0.2, -0.15) is 0 Å². The van der Waals surface area contributed by atoms with Gasteiger partial charge in [0.1, 0.15) is 24.4 Å². The molecule has 268 valence electrons. The van der Waals surface area contributed by atoms with Gasteiger partial charge in [0.25, 0.3) is 0 Å². The Labute approximate surface area is 277 Å². The number of aliphatic hydroxyl groups excluding tert-OH is 5. The molecule has 0 aliphatic carbocycles. The number of aliphatic hydroxyl groups is 5. The average Bonchev–Trinajstić information content (AvgIpc) is 3.04. The van der Waals surface area contributed by atoms with Crippen molar-refractivity contribution in [3.8, 4) is 0 Å². The van der Waals surface area contributed by atoms with Gasteiger partial charge in [-0.3, -0.25) is 0 Å². The van der Waals surface area contributed by atoms with Crippen LogP contribution < -0.4 is 0 Å². The van der Waals surface area contributed by atoms with Gasteiger partial charge in [-0.25, -0.2) is 0 Å². The van der Waals surface area contributed by atoms with Crippen LogP contribution in [0.2, 0.25) is 0 Å². The van der Waals surface area contributed by atoms with E-state index in [0.717, 1.165) is 44.1 Å². The fraction of sp³-hybridized carbons (Fsp3) is 0.947. The number of unbranched alkanes of at least 4 members (excludes halogenated alkanes) is 22. The summed E-state index contributed by atoms with van der Waals surface area (Å²) in [7, 11) is 0. The van der Waals surface area contributed by atoms with Gasteiger partial charge in [0.2, 0.25) is 0 Å². The molecule has 0 spiro atoms. The number of ether oxygens (including phenoxy) is 2. The van der Waals surface area contributed by atoms with Crippen LogP contribution in [-0.2, 0) is 9.47 Å². The molecule has 0 bridgehead atoms. The molecule has 0 amide bonds. The van der Waals surface area contributed by atoms with Crippen LogP contribution in [0.3, 0.4) is 0 Å². The van der Waals surface area contributed by atoms with E-state index in [0.29, 0.717) is 0 Å². The maximum Gasteiger partial charge on any atom is 0.187 e. The number of hydrogen-bond donors (Lipinski definition) is 5. The maximum atomic E-state index is 10.8. The third-order valence-corrected chi connectivity index (χ3v) is 9.41. The lowest BCUT2D eigenvalue weighted by atomic mass is 9.99. The van der Waals surface area contributed by atoms with Crippen molar-refractivity contribution in [2.75, 3.05) is 13.2 Å². The summed E-state index contributed by atoms with van der Waals surface area (Å²) in [6.07, 6.45) is 27.3. The molecule has 0 unspecified atom stereocenters. The summed E-state index contributed by atoms with van der Waals surface area (Å²) in [5, 5.41) is 50.8. The normalized spacial score (nSPS) is 23.1. The Kier molecular flexibility index (Phi) is 27.9. The molecule has 0 aromatic rings. The summed E-state index contributed by atoms with van der Waals surface area (Å²) in [6.45, 7) is 4.20. The molecule has 0 radical (unpaired) electrons. The predicted octanol–water partition coefficient (Wildman–Crippen LogP) is 8.27. The van der Waals surface area contributed by atoms with Crippen molar-refractivity contribution in [2.24, 2.45) is 0 Å². The topological polar surface area (TPSA) is 120 Å². The largest absolute Gasteiger partial charge is 0.394 e. The molecule has 1 fully saturated rings. The Bertz CT molecular complexity index is 670. The highest BCUT2D eigenvalue weighted by atomic mass is 16.7. The average molecular weight is 643 g/mol. The van der Waals surface area contributed by atoms with E-state index in [-0.39, 0.29) is 6.61 Å². The number of rotatable bonds is 31. The molecular formula is C38H74O7. The first-order chi connectivity index (χ1) is 21.9. The van der Waals surface area contributed by atoms with Gasteiger partial charge < -0.3 is 35.0 Å². The summed E-state index contributed by atoms with van der Waals surface area (Å²) in [6, 6.07) is 0. The van der Waals surface area contributed by atoms with Gasteiger partial charge >= 0.3 is 0 Å². The minimum absolute atomic E-state index is 0.163. The Hall–Kier alpha value is -0.540. The molecular weight excluding hydrogens is 568 g/mol. The molecule has 1 aliphatic rings. The lowest BCUT2D eigenvalue weighted by Gasteiger charge is -2.39. The van der Waals surface area contributed by atoms with Crippen LogP contribution in [0.5, 0.6) is 0 Å². The van der Waals surface area contributed by atoms with Crippen molar-refractivity contribution in [3.63, 3.8) is 0 Å². The van der Waals surface area contributed by atoms with E-state index in [1.54, 1.807) is 0 Å². The van der Waals surface area contributed by atoms with Crippen molar-refractivity contribution in [3.05, 3.63) is 11.6 Å². The molecule has 1 rings (SSSR count). The van der Waals surface area contributed by atoms with Crippen LogP contribution in [0, 0.1) is 0 Å². The van der Waals surface area contributed by atoms with Crippen molar-refractivity contribution in [1.82, 2.24) is 0 Å². The minimum atomic E-state index is -1.46. The molecule has 6 atom stereocenters. The monoisotopic (exact) mass is 643 g/mol. The number of hydrogen-bond acceptors (Lipinski definition) is 7. The molecule has 0 aromatic carbocycles. The summed E-state index contributed by atoms with van der Waals surface area (Å²) >= 11 is 0. The molecule has 45 heavy (non-hydrogen) atoms. The smallest absolute Gasteiger partial charge is 0.187 e. The van der Waals surface area contributed by atoms with Gasteiger partial charge in [0.05, 0.1) is 19.3 Å². The second kappa shape index (κ2) is 29.6. The van der Waals surface area contributed by atoms with Crippen LogP contribution in [0.25, 0.3) is 0 Å². The Balaban J connectivity index is 2.39. The summed E-state index contributed by atoms with van der Waals surface area (Å²) in [5.41, 5.74) is 0.963. The van der Waals surface area contributed by atoms with E-state index in [2.05, 4.69) is 13.8 Å². The minimum Gasteiger partial charge on any atom is -0.394 e. The first kappa shape index (κ1) is 42.5. The first-order valence-corrected chi connectivity index (χ1v) is 19.2. The van der Waals surface area contributed by atoms with Crippen molar-refractivity contribution < 1.29 is 35.0 Å². The van der Waals surface area contributed by atoms with Gasteiger partial charge in [-0.1, -0.05) is 168 Å². The molecule has 0 aromatic heterocycles. The molecule has 1 aliphatic heterocycles. The summed E-state index contributed by atoms with van der Waals surface area (Å²) in [4.78, 5) is 0. The quantitative estimate of drug-likeness (QED) is 0.0381. The van der Waals surface area contributed by atoms with E-state index in [9.17, 15) is 25.5 Å². The molecule has 5 N–H and O–H groups in total. The summed E-state index contributed by atoms with van der Waals surface area (Å²) < 4.78 is 11.4. The van der Waals surface area contributed by atoms with Crippen LogP contribution in [0.4, 0.5) is 0 Å². The van der Waals surface area contributed by atoms with Crippen LogP contribution in [0.1, 0.15) is 181 Å². The highest BCUT2D eigenvalue weighted by Crippen LogP contribution is 2.24. The molecule has 7 nitrogen and oxygen atoms in total. The van der Waals surface area contributed by atoms with E-state index < -0.39 is 43.4 Å². The van der Waals surface area contributed by atoms with Crippen molar-refractivity contribution in [2.45, 2.75) is 218 Å². The zero-order valence-electron chi connectivity index (χ0n) is 29.4. The van der Waals surface area contributed by atoms with Crippen LogP contribution in [-0.4, -0.2) is 75.6 Å². The maximum absolute atomic E-state index is 10.8. The van der Waals surface area contributed by atoms with Crippen molar-refractivity contribution in [1.29, 1.82) is 0 Å². The molecule has 0 saturated carbocycles. The fourth-order valence-electron chi connectivity index (χ4n) is 6.34. The molecule has 7 heteroatoms. The SMILES string of the molecule is CCCCCCCCCCCCCC/C(=C/[C@H](O)CCCCCCCCCCCCCC)CO[C@@H]1O[C@H](CO)[C@@H](O)[C@H](O)[C@H]1O. The van der Waals surface area contributed by atoms with Gasteiger partial charge in [0.15, 0.2) is 6.29 Å².